The molecule has 0 aliphatic carbocycles. The highest BCUT2D eigenvalue weighted by atomic mass is 79.9. The summed E-state index contributed by atoms with van der Waals surface area (Å²) in [6.07, 6.45) is 1.84. The Bertz CT molecular complexity index is 470. The second kappa shape index (κ2) is 6.25. The summed E-state index contributed by atoms with van der Waals surface area (Å²) in [4.78, 5) is 1.28. The zero-order valence-corrected chi connectivity index (χ0v) is 11.5. The normalized spacial score (nSPS) is 10.9. The minimum Gasteiger partial charge on any atom is -0.394 e. The highest BCUT2D eigenvalue weighted by Gasteiger charge is 2.01. The Balaban J connectivity index is 1.77. The van der Waals surface area contributed by atoms with Crippen LogP contribution in [0.15, 0.2) is 22.1 Å². The Kier molecular flexibility index (Phi) is 4.66. The van der Waals surface area contributed by atoms with Crippen molar-refractivity contribution in [3.8, 4) is 0 Å². The summed E-state index contributed by atoms with van der Waals surface area (Å²) in [6.45, 7) is 2.08. The van der Waals surface area contributed by atoms with Gasteiger partial charge in [0.15, 0.2) is 0 Å². The van der Waals surface area contributed by atoms with Gasteiger partial charge >= 0.3 is 0 Å². The van der Waals surface area contributed by atoms with Crippen molar-refractivity contribution in [1.82, 2.24) is 20.3 Å². The summed E-state index contributed by atoms with van der Waals surface area (Å²) < 4.78 is 2.76. The molecule has 0 bridgehead atoms. The van der Waals surface area contributed by atoms with E-state index in [0.717, 1.165) is 16.7 Å². The molecule has 2 N–H and O–H groups in total. The average Bonchev–Trinajstić information content (AvgIpc) is 2.89. The number of halogens is 1. The van der Waals surface area contributed by atoms with Crippen molar-refractivity contribution in [3.63, 3.8) is 0 Å². The van der Waals surface area contributed by atoms with Crippen LogP contribution in [0.5, 0.6) is 0 Å². The van der Waals surface area contributed by atoms with Crippen LogP contribution in [0.3, 0.4) is 0 Å². The monoisotopic (exact) mass is 316 g/mol. The van der Waals surface area contributed by atoms with Gasteiger partial charge < -0.3 is 10.4 Å². The lowest BCUT2D eigenvalue weighted by molar-refractivity contribution is 0.268. The van der Waals surface area contributed by atoms with Crippen molar-refractivity contribution >= 4 is 27.3 Å². The molecule has 2 heterocycles. The molecular formula is C10H13BrN4OS. The second-order valence-electron chi connectivity index (χ2n) is 3.53. The molecule has 0 aromatic carbocycles. The van der Waals surface area contributed by atoms with Crippen LogP contribution in [-0.2, 0) is 19.6 Å². The van der Waals surface area contributed by atoms with E-state index in [1.165, 1.54) is 4.88 Å². The van der Waals surface area contributed by atoms with Crippen molar-refractivity contribution in [2.75, 3.05) is 6.61 Å². The van der Waals surface area contributed by atoms with E-state index >= 15 is 0 Å². The molecule has 0 aliphatic rings. The van der Waals surface area contributed by atoms with E-state index in [2.05, 4.69) is 43.0 Å². The molecule has 0 spiro atoms. The van der Waals surface area contributed by atoms with Gasteiger partial charge in [0, 0.05) is 34.0 Å². The molecule has 2 rings (SSSR count). The first-order chi connectivity index (χ1) is 8.28. The summed E-state index contributed by atoms with van der Waals surface area (Å²) in [6, 6.07) is 2.10. The molecule has 0 aliphatic heterocycles. The fraction of sp³-hybridized carbons (Fsp3) is 0.400. The number of rotatable bonds is 6. The first-order valence-corrected chi connectivity index (χ1v) is 6.88. The van der Waals surface area contributed by atoms with Gasteiger partial charge in [0.1, 0.15) is 0 Å². The molecule has 17 heavy (non-hydrogen) atoms. The summed E-state index contributed by atoms with van der Waals surface area (Å²) in [5, 5.41) is 22.0. The second-order valence-corrected chi connectivity index (χ2v) is 5.44. The van der Waals surface area contributed by atoms with E-state index < -0.39 is 0 Å². The van der Waals surface area contributed by atoms with Gasteiger partial charge in [-0.1, -0.05) is 5.21 Å². The quantitative estimate of drug-likeness (QED) is 0.845. The van der Waals surface area contributed by atoms with Crippen molar-refractivity contribution in [3.05, 3.63) is 32.7 Å². The molecule has 0 atom stereocenters. The number of aliphatic hydroxyl groups is 1. The number of nitrogens with one attached hydrogen (secondary N) is 1. The lowest BCUT2D eigenvalue weighted by Crippen LogP contribution is -2.12. The Hall–Kier alpha value is -0.760. The maximum absolute atomic E-state index is 8.75. The zero-order chi connectivity index (χ0) is 12.1. The average molecular weight is 317 g/mol. The fourth-order valence-electron chi connectivity index (χ4n) is 1.39. The number of nitrogens with zero attached hydrogens (tertiary/aromatic N) is 3. The third-order valence-corrected chi connectivity index (χ3v) is 3.84. The van der Waals surface area contributed by atoms with Crippen LogP contribution in [0.1, 0.15) is 10.6 Å². The fourth-order valence-corrected chi connectivity index (χ4v) is 2.81. The van der Waals surface area contributed by atoms with E-state index in [4.69, 9.17) is 5.11 Å². The number of hydrogen-bond acceptors (Lipinski definition) is 5. The van der Waals surface area contributed by atoms with Gasteiger partial charge in [0.2, 0.25) is 0 Å². The van der Waals surface area contributed by atoms with E-state index in [0.29, 0.717) is 13.1 Å². The molecule has 0 radical (unpaired) electrons. The van der Waals surface area contributed by atoms with Gasteiger partial charge in [0.25, 0.3) is 0 Å². The summed E-state index contributed by atoms with van der Waals surface area (Å²) in [5.74, 6) is 0. The van der Waals surface area contributed by atoms with Crippen LogP contribution in [0, 0.1) is 0 Å². The van der Waals surface area contributed by atoms with Crippen LogP contribution in [-0.4, -0.2) is 26.7 Å². The minimum absolute atomic E-state index is 0.0828. The smallest absolute Gasteiger partial charge is 0.0964 e. The predicted molar refractivity (Wildman–Crippen MR) is 69.7 cm³/mol. The highest BCUT2D eigenvalue weighted by Crippen LogP contribution is 2.19. The van der Waals surface area contributed by atoms with Gasteiger partial charge in [-0.25, -0.2) is 4.68 Å². The summed E-state index contributed by atoms with van der Waals surface area (Å²) >= 11 is 5.14. The molecule has 7 heteroatoms. The third-order valence-electron chi connectivity index (χ3n) is 2.14. The Morgan fingerprint density at radius 1 is 1.47 bits per heavy atom. The SMILES string of the molecule is OCCn1cc(CNCc2cc(Br)cs2)nn1. The topological polar surface area (TPSA) is 63.0 Å². The van der Waals surface area contributed by atoms with E-state index in [-0.39, 0.29) is 6.61 Å². The molecule has 2 aromatic heterocycles. The van der Waals surface area contributed by atoms with Gasteiger partial charge in [-0.3, -0.25) is 0 Å². The third kappa shape index (κ3) is 3.88. The van der Waals surface area contributed by atoms with Crippen molar-refractivity contribution < 1.29 is 5.11 Å². The van der Waals surface area contributed by atoms with E-state index in [1.807, 2.05) is 6.20 Å². The maximum atomic E-state index is 8.75. The largest absolute Gasteiger partial charge is 0.394 e. The molecule has 5 nitrogen and oxygen atoms in total. The lowest BCUT2D eigenvalue weighted by atomic mass is 10.4. The molecule has 0 unspecified atom stereocenters. The summed E-state index contributed by atoms with van der Waals surface area (Å²) in [5.41, 5.74) is 0.883. The molecule has 0 saturated carbocycles. The highest BCUT2D eigenvalue weighted by molar-refractivity contribution is 9.10. The van der Waals surface area contributed by atoms with Crippen LogP contribution in [0.4, 0.5) is 0 Å². The van der Waals surface area contributed by atoms with Crippen LogP contribution in [0.25, 0.3) is 0 Å². The Morgan fingerprint density at radius 2 is 2.35 bits per heavy atom. The number of aliphatic hydroxyl groups excluding tert-OH is 1. The molecule has 2 aromatic rings. The molecule has 0 fully saturated rings. The predicted octanol–water partition coefficient (Wildman–Crippen LogP) is 1.38. The first-order valence-electron chi connectivity index (χ1n) is 5.21. The molecule has 0 amide bonds. The first kappa shape index (κ1) is 12.7. The van der Waals surface area contributed by atoms with Gasteiger partial charge in [0.05, 0.1) is 18.8 Å². The summed E-state index contributed by atoms with van der Waals surface area (Å²) in [7, 11) is 0. The molecule has 0 saturated heterocycles. The van der Waals surface area contributed by atoms with E-state index in [1.54, 1.807) is 16.0 Å². The van der Waals surface area contributed by atoms with Crippen LogP contribution < -0.4 is 5.32 Å². The maximum Gasteiger partial charge on any atom is 0.0964 e. The number of thiophene rings is 1. The van der Waals surface area contributed by atoms with Gasteiger partial charge in [-0.05, 0) is 22.0 Å². The Labute approximate surface area is 112 Å². The zero-order valence-electron chi connectivity index (χ0n) is 9.14. The van der Waals surface area contributed by atoms with E-state index in [9.17, 15) is 0 Å². The van der Waals surface area contributed by atoms with Crippen LogP contribution >= 0.6 is 27.3 Å². The van der Waals surface area contributed by atoms with Crippen molar-refractivity contribution in [2.45, 2.75) is 19.6 Å². The standard InChI is InChI=1S/C10H13BrN4OS/c11-8-3-10(17-7-8)5-12-4-9-6-15(1-2-16)14-13-9/h3,6-7,12,16H,1-2,4-5H2. The van der Waals surface area contributed by atoms with Gasteiger partial charge in [-0.15, -0.1) is 16.4 Å². The molecule has 92 valence electrons. The number of aromatic nitrogens is 3. The van der Waals surface area contributed by atoms with Gasteiger partial charge in [-0.2, -0.15) is 0 Å². The minimum atomic E-state index is 0.0828. The molecular weight excluding hydrogens is 304 g/mol. The van der Waals surface area contributed by atoms with Crippen LogP contribution in [0.2, 0.25) is 0 Å². The van der Waals surface area contributed by atoms with Crippen molar-refractivity contribution in [1.29, 1.82) is 0 Å². The Morgan fingerprint density at radius 3 is 3.06 bits per heavy atom. The lowest BCUT2D eigenvalue weighted by Gasteiger charge is -1.98. The number of hydrogen-bond donors (Lipinski definition) is 2. The van der Waals surface area contributed by atoms with Crippen molar-refractivity contribution in [2.24, 2.45) is 0 Å².